The molecular formula is C10H16N2O2. The van der Waals surface area contributed by atoms with Gasteiger partial charge in [0.25, 0.3) is 0 Å². The highest BCUT2D eigenvalue weighted by atomic mass is 16.6. The Morgan fingerprint density at radius 3 is 3.21 bits per heavy atom. The van der Waals surface area contributed by atoms with Crippen molar-refractivity contribution in [3.8, 4) is 0 Å². The van der Waals surface area contributed by atoms with Gasteiger partial charge in [-0.15, -0.1) is 0 Å². The number of aromatic amines is 1. The van der Waals surface area contributed by atoms with Gasteiger partial charge in [-0.3, -0.25) is 0 Å². The summed E-state index contributed by atoms with van der Waals surface area (Å²) in [5, 5.41) is 3.33. The summed E-state index contributed by atoms with van der Waals surface area (Å²) in [6.07, 6.45) is 4.13. The number of hydrogen-bond donors (Lipinski definition) is 2. The van der Waals surface area contributed by atoms with Crippen LogP contribution in [0.5, 0.6) is 0 Å². The lowest BCUT2D eigenvalue weighted by molar-refractivity contribution is -0.0864. The van der Waals surface area contributed by atoms with E-state index < -0.39 is 0 Å². The average molecular weight is 196 g/mol. The zero-order valence-electron chi connectivity index (χ0n) is 8.16. The van der Waals surface area contributed by atoms with E-state index in [0.717, 1.165) is 26.3 Å². The molecule has 14 heavy (non-hydrogen) atoms. The summed E-state index contributed by atoms with van der Waals surface area (Å²) in [5.74, 6) is 0. The molecule has 2 heterocycles. The summed E-state index contributed by atoms with van der Waals surface area (Å²) < 4.78 is 10.8. The predicted octanol–water partition coefficient (Wildman–Crippen LogP) is 0.520. The van der Waals surface area contributed by atoms with Crippen LogP contribution in [0.3, 0.4) is 0 Å². The molecule has 4 nitrogen and oxygen atoms in total. The molecule has 0 aromatic carbocycles. The van der Waals surface area contributed by atoms with Crippen LogP contribution in [0.15, 0.2) is 18.5 Å². The second kappa shape index (κ2) is 5.14. The molecule has 2 N–H and O–H groups in total. The summed E-state index contributed by atoms with van der Waals surface area (Å²) >= 11 is 0. The van der Waals surface area contributed by atoms with Gasteiger partial charge in [-0.1, -0.05) is 0 Å². The molecule has 1 fully saturated rings. The fourth-order valence-corrected chi connectivity index (χ4v) is 1.50. The minimum atomic E-state index is 0.211. The van der Waals surface area contributed by atoms with E-state index in [1.54, 1.807) is 0 Å². The fourth-order valence-electron chi connectivity index (χ4n) is 1.50. The van der Waals surface area contributed by atoms with Crippen molar-refractivity contribution >= 4 is 0 Å². The SMILES string of the molecule is c1cc(CNCC2COCCO2)c[nH]1. The Hall–Kier alpha value is -0.840. The van der Waals surface area contributed by atoms with Crippen LogP contribution in [-0.4, -0.2) is 37.5 Å². The second-order valence-electron chi connectivity index (χ2n) is 3.42. The van der Waals surface area contributed by atoms with Gasteiger partial charge in [0.05, 0.1) is 25.9 Å². The molecule has 1 aromatic rings. The number of ether oxygens (including phenoxy) is 2. The van der Waals surface area contributed by atoms with Crippen molar-refractivity contribution in [2.45, 2.75) is 12.6 Å². The molecule has 0 radical (unpaired) electrons. The van der Waals surface area contributed by atoms with E-state index in [0.29, 0.717) is 6.61 Å². The summed E-state index contributed by atoms with van der Waals surface area (Å²) in [5.41, 5.74) is 1.27. The number of hydrogen-bond acceptors (Lipinski definition) is 3. The van der Waals surface area contributed by atoms with Crippen molar-refractivity contribution in [1.29, 1.82) is 0 Å². The van der Waals surface area contributed by atoms with Crippen molar-refractivity contribution in [1.82, 2.24) is 10.3 Å². The van der Waals surface area contributed by atoms with E-state index in [1.807, 2.05) is 12.4 Å². The lowest BCUT2D eigenvalue weighted by Gasteiger charge is -2.23. The van der Waals surface area contributed by atoms with Crippen LogP contribution in [0.1, 0.15) is 5.56 Å². The first-order chi connectivity index (χ1) is 6.95. The van der Waals surface area contributed by atoms with Gasteiger partial charge in [0.2, 0.25) is 0 Å². The first-order valence-electron chi connectivity index (χ1n) is 4.97. The van der Waals surface area contributed by atoms with Crippen molar-refractivity contribution < 1.29 is 9.47 Å². The molecule has 2 rings (SSSR count). The maximum absolute atomic E-state index is 5.50. The smallest absolute Gasteiger partial charge is 0.0933 e. The average Bonchev–Trinajstić information content (AvgIpc) is 2.72. The highest BCUT2D eigenvalue weighted by molar-refractivity contribution is 5.07. The first-order valence-corrected chi connectivity index (χ1v) is 4.97. The quantitative estimate of drug-likeness (QED) is 0.738. The lowest BCUT2D eigenvalue weighted by Crippen LogP contribution is -2.37. The number of aromatic nitrogens is 1. The first kappa shape index (κ1) is 9.71. The molecule has 1 unspecified atom stereocenters. The molecule has 4 heteroatoms. The number of H-pyrrole nitrogens is 1. The van der Waals surface area contributed by atoms with E-state index >= 15 is 0 Å². The summed E-state index contributed by atoms with van der Waals surface area (Å²) in [4.78, 5) is 3.02. The van der Waals surface area contributed by atoms with Crippen molar-refractivity contribution in [2.75, 3.05) is 26.4 Å². The van der Waals surface area contributed by atoms with E-state index in [2.05, 4.69) is 16.4 Å². The summed E-state index contributed by atoms with van der Waals surface area (Å²) in [6, 6.07) is 2.06. The van der Waals surface area contributed by atoms with Crippen LogP contribution in [0.25, 0.3) is 0 Å². The van der Waals surface area contributed by atoms with Crippen LogP contribution < -0.4 is 5.32 Å². The third-order valence-corrected chi connectivity index (χ3v) is 2.25. The Morgan fingerprint density at radius 1 is 1.50 bits per heavy atom. The van der Waals surface area contributed by atoms with Gasteiger partial charge in [0.1, 0.15) is 0 Å². The van der Waals surface area contributed by atoms with Crippen LogP contribution in [0.4, 0.5) is 0 Å². The highest BCUT2D eigenvalue weighted by Gasteiger charge is 2.13. The van der Waals surface area contributed by atoms with Crippen LogP contribution in [0.2, 0.25) is 0 Å². The van der Waals surface area contributed by atoms with Gasteiger partial charge in [0, 0.05) is 25.5 Å². The van der Waals surface area contributed by atoms with E-state index in [4.69, 9.17) is 9.47 Å². The minimum absolute atomic E-state index is 0.211. The van der Waals surface area contributed by atoms with Gasteiger partial charge in [-0.2, -0.15) is 0 Å². The normalized spacial score (nSPS) is 22.4. The molecule has 1 aliphatic rings. The Balaban J connectivity index is 1.62. The largest absolute Gasteiger partial charge is 0.376 e. The van der Waals surface area contributed by atoms with E-state index in [9.17, 15) is 0 Å². The summed E-state index contributed by atoms with van der Waals surface area (Å²) in [7, 11) is 0. The van der Waals surface area contributed by atoms with Gasteiger partial charge in [-0.05, 0) is 11.6 Å². The lowest BCUT2D eigenvalue weighted by atomic mass is 10.3. The zero-order chi connectivity index (χ0) is 9.64. The maximum Gasteiger partial charge on any atom is 0.0933 e. The van der Waals surface area contributed by atoms with E-state index in [1.165, 1.54) is 5.56 Å². The number of nitrogens with one attached hydrogen (secondary N) is 2. The standard InChI is InChI=1S/C10H16N2O2/c1-2-11-5-9(1)6-12-7-10-8-13-3-4-14-10/h1-2,5,10-12H,3-4,6-8H2. The molecule has 1 aliphatic heterocycles. The molecule has 0 saturated carbocycles. The van der Waals surface area contributed by atoms with Gasteiger partial charge in [0.15, 0.2) is 0 Å². The zero-order valence-corrected chi connectivity index (χ0v) is 8.16. The number of rotatable bonds is 4. The Kier molecular flexibility index (Phi) is 3.57. The Bertz CT molecular complexity index is 243. The molecule has 0 spiro atoms. The topological polar surface area (TPSA) is 46.3 Å². The molecule has 0 bridgehead atoms. The van der Waals surface area contributed by atoms with Crippen molar-refractivity contribution in [2.24, 2.45) is 0 Å². The monoisotopic (exact) mass is 196 g/mol. The molecular weight excluding hydrogens is 180 g/mol. The van der Waals surface area contributed by atoms with Crippen LogP contribution >= 0.6 is 0 Å². The highest BCUT2D eigenvalue weighted by Crippen LogP contribution is 2.00. The minimum Gasteiger partial charge on any atom is -0.376 e. The molecule has 0 amide bonds. The fraction of sp³-hybridized carbons (Fsp3) is 0.600. The van der Waals surface area contributed by atoms with Crippen molar-refractivity contribution in [3.63, 3.8) is 0 Å². The van der Waals surface area contributed by atoms with Crippen LogP contribution in [0, 0.1) is 0 Å². The second-order valence-corrected chi connectivity index (χ2v) is 3.42. The molecule has 0 aliphatic carbocycles. The van der Waals surface area contributed by atoms with Crippen molar-refractivity contribution in [3.05, 3.63) is 24.0 Å². The Labute approximate surface area is 83.6 Å². The predicted molar refractivity (Wildman–Crippen MR) is 53.1 cm³/mol. The molecule has 78 valence electrons. The summed E-state index contributed by atoms with van der Waals surface area (Å²) in [6.45, 7) is 3.89. The molecule has 1 atom stereocenters. The third-order valence-electron chi connectivity index (χ3n) is 2.25. The maximum atomic E-state index is 5.50. The molecule has 1 aromatic heterocycles. The van der Waals surface area contributed by atoms with E-state index in [-0.39, 0.29) is 6.10 Å². The van der Waals surface area contributed by atoms with Gasteiger partial charge in [-0.25, -0.2) is 0 Å². The van der Waals surface area contributed by atoms with Gasteiger partial charge >= 0.3 is 0 Å². The third kappa shape index (κ3) is 2.83. The van der Waals surface area contributed by atoms with Gasteiger partial charge < -0.3 is 19.8 Å². The molecule has 1 saturated heterocycles. The Morgan fingerprint density at radius 2 is 2.50 bits per heavy atom. The van der Waals surface area contributed by atoms with Crippen LogP contribution in [-0.2, 0) is 16.0 Å².